The second-order valence-electron chi connectivity index (χ2n) is 5.57. The van der Waals surface area contributed by atoms with Gasteiger partial charge in [0.15, 0.2) is 4.80 Å². The molecular weight excluding hydrogens is 324 g/mol. The number of hydrogen-bond acceptors (Lipinski definition) is 3. The number of carboxylic acid groups (broad SMARTS) is 1. The van der Waals surface area contributed by atoms with Gasteiger partial charge in [0.1, 0.15) is 6.54 Å². The number of rotatable bonds is 3. The molecule has 2 aromatic carbocycles. The summed E-state index contributed by atoms with van der Waals surface area (Å²) in [7, 11) is 0. The summed E-state index contributed by atoms with van der Waals surface area (Å²) in [6.07, 6.45) is 0. The van der Waals surface area contributed by atoms with Gasteiger partial charge in [-0.15, -0.1) is 0 Å². The minimum atomic E-state index is -0.972. The van der Waals surface area contributed by atoms with Gasteiger partial charge >= 0.3 is 5.97 Å². The van der Waals surface area contributed by atoms with Crippen LogP contribution in [0.15, 0.2) is 47.5 Å². The van der Waals surface area contributed by atoms with Crippen molar-refractivity contribution < 1.29 is 14.7 Å². The van der Waals surface area contributed by atoms with E-state index in [1.54, 1.807) is 16.7 Å². The van der Waals surface area contributed by atoms with Gasteiger partial charge < -0.3 is 9.67 Å². The highest BCUT2D eigenvalue weighted by molar-refractivity contribution is 7.16. The molecule has 1 amide bonds. The molecule has 3 rings (SSSR count). The minimum Gasteiger partial charge on any atom is -0.480 e. The van der Waals surface area contributed by atoms with Crippen LogP contribution in [0.3, 0.4) is 0 Å². The number of amides is 1. The Labute approximate surface area is 142 Å². The van der Waals surface area contributed by atoms with E-state index in [0.29, 0.717) is 10.4 Å². The molecule has 6 heteroatoms. The van der Waals surface area contributed by atoms with Crippen molar-refractivity contribution in [1.29, 1.82) is 0 Å². The van der Waals surface area contributed by atoms with E-state index >= 15 is 0 Å². The summed E-state index contributed by atoms with van der Waals surface area (Å²) < 4.78 is 2.51. The zero-order valence-electron chi connectivity index (χ0n) is 13.3. The predicted molar refractivity (Wildman–Crippen MR) is 93.3 cm³/mol. The van der Waals surface area contributed by atoms with Gasteiger partial charge in [0, 0.05) is 5.56 Å². The lowest BCUT2D eigenvalue weighted by atomic mass is 10.1. The Bertz CT molecular complexity index is 997. The van der Waals surface area contributed by atoms with Crippen LogP contribution in [0.25, 0.3) is 10.2 Å². The third kappa shape index (κ3) is 3.14. The summed E-state index contributed by atoms with van der Waals surface area (Å²) in [5.74, 6) is -1.35. The number of fused-ring (bicyclic) bond motifs is 1. The lowest BCUT2D eigenvalue weighted by molar-refractivity contribution is -0.137. The number of hydrogen-bond donors (Lipinski definition) is 1. The Morgan fingerprint density at radius 1 is 1.12 bits per heavy atom. The molecule has 0 atom stereocenters. The average molecular weight is 340 g/mol. The smallest absolute Gasteiger partial charge is 0.323 e. The van der Waals surface area contributed by atoms with E-state index in [1.807, 2.05) is 44.2 Å². The molecule has 0 unspecified atom stereocenters. The van der Waals surface area contributed by atoms with Crippen LogP contribution in [0.2, 0.25) is 0 Å². The van der Waals surface area contributed by atoms with Crippen molar-refractivity contribution in [2.45, 2.75) is 20.4 Å². The zero-order chi connectivity index (χ0) is 17.3. The Morgan fingerprint density at radius 2 is 1.83 bits per heavy atom. The molecule has 1 aromatic heterocycles. The standard InChI is InChI=1S/C18H16N2O3S/c1-11-6-8-13(9-7-11)17(23)19-18-20(10-15(21)22)14-5-3-4-12(2)16(14)24-18/h3-9H,10H2,1-2H3,(H,21,22). The van der Waals surface area contributed by atoms with Crippen LogP contribution < -0.4 is 4.80 Å². The molecule has 0 fully saturated rings. The minimum absolute atomic E-state index is 0.233. The van der Waals surface area contributed by atoms with Crippen LogP contribution in [-0.4, -0.2) is 21.6 Å². The highest BCUT2D eigenvalue weighted by Crippen LogP contribution is 2.21. The zero-order valence-corrected chi connectivity index (χ0v) is 14.1. The van der Waals surface area contributed by atoms with E-state index in [-0.39, 0.29) is 12.5 Å². The number of nitrogens with zero attached hydrogens (tertiary/aromatic N) is 2. The second-order valence-corrected chi connectivity index (χ2v) is 6.55. The topological polar surface area (TPSA) is 71.7 Å². The maximum atomic E-state index is 12.4. The number of carbonyl (C=O) groups is 2. The van der Waals surface area contributed by atoms with Gasteiger partial charge in [0.2, 0.25) is 0 Å². The maximum Gasteiger partial charge on any atom is 0.323 e. The third-order valence-corrected chi connectivity index (χ3v) is 4.92. The molecule has 1 N–H and O–H groups in total. The molecule has 0 aliphatic carbocycles. The number of benzene rings is 2. The average Bonchev–Trinajstić information content (AvgIpc) is 2.87. The van der Waals surface area contributed by atoms with Gasteiger partial charge in [-0.05, 0) is 37.6 Å². The summed E-state index contributed by atoms with van der Waals surface area (Å²) in [6, 6.07) is 12.8. The highest BCUT2D eigenvalue weighted by Gasteiger charge is 2.12. The van der Waals surface area contributed by atoms with E-state index in [0.717, 1.165) is 21.3 Å². The highest BCUT2D eigenvalue weighted by atomic mass is 32.1. The molecule has 3 aromatic rings. The van der Waals surface area contributed by atoms with Crippen LogP contribution in [-0.2, 0) is 11.3 Å². The molecule has 1 heterocycles. The predicted octanol–water partition coefficient (Wildman–Crippen LogP) is 3.15. The van der Waals surface area contributed by atoms with Crippen molar-refractivity contribution in [2.24, 2.45) is 4.99 Å². The number of aromatic nitrogens is 1. The van der Waals surface area contributed by atoms with E-state index in [4.69, 9.17) is 0 Å². The van der Waals surface area contributed by atoms with Gasteiger partial charge in [0.05, 0.1) is 10.2 Å². The maximum absolute atomic E-state index is 12.4. The first-order valence-electron chi connectivity index (χ1n) is 7.42. The number of carbonyl (C=O) groups excluding carboxylic acids is 1. The van der Waals surface area contributed by atoms with Crippen LogP contribution in [0.4, 0.5) is 0 Å². The first-order valence-corrected chi connectivity index (χ1v) is 8.24. The van der Waals surface area contributed by atoms with Crippen LogP contribution in [0.1, 0.15) is 21.5 Å². The van der Waals surface area contributed by atoms with E-state index in [1.165, 1.54) is 11.3 Å². The number of carboxylic acids is 1. The van der Waals surface area contributed by atoms with Crippen molar-refractivity contribution in [1.82, 2.24) is 4.57 Å². The van der Waals surface area contributed by atoms with Gasteiger partial charge in [-0.2, -0.15) is 4.99 Å². The fourth-order valence-corrected chi connectivity index (χ4v) is 3.55. The van der Waals surface area contributed by atoms with E-state index in [9.17, 15) is 14.7 Å². The van der Waals surface area contributed by atoms with E-state index in [2.05, 4.69) is 4.99 Å². The quantitative estimate of drug-likeness (QED) is 0.796. The lowest BCUT2D eigenvalue weighted by Gasteiger charge is -2.02. The van der Waals surface area contributed by atoms with Crippen molar-refractivity contribution in [3.8, 4) is 0 Å². The van der Waals surface area contributed by atoms with Crippen LogP contribution in [0, 0.1) is 13.8 Å². The Kier molecular flexibility index (Phi) is 4.31. The van der Waals surface area contributed by atoms with Gasteiger partial charge in [-0.25, -0.2) is 0 Å². The second kappa shape index (κ2) is 6.41. The first kappa shape index (κ1) is 16.1. The molecule has 0 saturated carbocycles. The van der Waals surface area contributed by atoms with Crippen molar-refractivity contribution >= 4 is 33.4 Å². The van der Waals surface area contributed by atoms with Gasteiger partial charge in [-0.1, -0.05) is 41.2 Å². The summed E-state index contributed by atoms with van der Waals surface area (Å²) in [5.41, 5.74) is 3.35. The molecular formula is C18H16N2O3S. The number of aryl methyl sites for hydroxylation is 2. The normalized spacial score (nSPS) is 11.8. The Morgan fingerprint density at radius 3 is 2.50 bits per heavy atom. The Hall–Kier alpha value is -2.73. The molecule has 0 bridgehead atoms. The lowest BCUT2D eigenvalue weighted by Crippen LogP contribution is -2.21. The fourth-order valence-electron chi connectivity index (χ4n) is 2.45. The van der Waals surface area contributed by atoms with Crippen LogP contribution in [0.5, 0.6) is 0 Å². The Balaban J connectivity index is 2.16. The molecule has 24 heavy (non-hydrogen) atoms. The molecule has 0 saturated heterocycles. The van der Waals surface area contributed by atoms with Crippen molar-refractivity contribution in [2.75, 3.05) is 0 Å². The summed E-state index contributed by atoms with van der Waals surface area (Å²) in [6.45, 7) is 3.67. The molecule has 0 aliphatic heterocycles. The number of thiazole rings is 1. The summed E-state index contributed by atoms with van der Waals surface area (Å²) in [4.78, 5) is 28.2. The van der Waals surface area contributed by atoms with Crippen LogP contribution >= 0.6 is 11.3 Å². The SMILES string of the molecule is Cc1ccc(C(=O)N=c2sc3c(C)cccc3n2CC(=O)O)cc1. The first-order chi connectivity index (χ1) is 11.5. The molecule has 0 aliphatic rings. The monoisotopic (exact) mass is 340 g/mol. The third-order valence-electron chi connectivity index (χ3n) is 3.70. The van der Waals surface area contributed by atoms with Crippen molar-refractivity contribution in [3.05, 3.63) is 64.0 Å². The number of aliphatic carboxylic acids is 1. The fraction of sp³-hybridized carbons (Fsp3) is 0.167. The summed E-state index contributed by atoms with van der Waals surface area (Å²) >= 11 is 1.33. The van der Waals surface area contributed by atoms with Crippen molar-refractivity contribution in [3.63, 3.8) is 0 Å². The molecule has 122 valence electrons. The van der Waals surface area contributed by atoms with Gasteiger partial charge in [0.25, 0.3) is 5.91 Å². The molecule has 5 nitrogen and oxygen atoms in total. The molecule has 0 radical (unpaired) electrons. The van der Waals surface area contributed by atoms with Gasteiger partial charge in [-0.3, -0.25) is 9.59 Å². The van der Waals surface area contributed by atoms with E-state index < -0.39 is 5.97 Å². The largest absolute Gasteiger partial charge is 0.480 e. The molecule has 0 spiro atoms. The summed E-state index contributed by atoms with van der Waals surface area (Å²) in [5, 5.41) is 9.18.